The Hall–Kier alpha value is -0.560. The van der Waals surface area contributed by atoms with Crippen molar-refractivity contribution in [2.24, 2.45) is 0 Å². The molecule has 0 aliphatic rings. The smallest absolute Gasteiger partial charge is 0.0230 e. The first kappa shape index (κ1) is 11.5. The molecule has 1 aromatic rings. The van der Waals surface area contributed by atoms with Crippen LogP contribution in [0.25, 0.3) is 0 Å². The van der Waals surface area contributed by atoms with Crippen LogP contribution in [0, 0.1) is 5.92 Å². The van der Waals surface area contributed by atoms with E-state index in [0.29, 0.717) is 5.92 Å². The highest BCUT2D eigenvalue weighted by molar-refractivity contribution is 9.10. The molecule has 14 heavy (non-hydrogen) atoms. The average molecular weight is 252 g/mol. The zero-order chi connectivity index (χ0) is 10.7. The number of benzene rings is 1. The van der Waals surface area contributed by atoms with Crippen molar-refractivity contribution >= 4 is 15.9 Å². The van der Waals surface area contributed by atoms with Crippen LogP contribution in [0.3, 0.4) is 0 Å². The maximum Gasteiger partial charge on any atom is 0.0230 e. The molecule has 1 rings (SSSR count). The van der Waals surface area contributed by atoms with E-state index in [4.69, 9.17) is 0 Å². The lowest BCUT2D eigenvalue weighted by molar-refractivity contribution is 0.860. The maximum atomic E-state index is 3.77. The fraction of sp³-hybridized carbons (Fsp3) is 0.308. The summed E-state index contributed by atoms with van der Waals surface area (Å²) in [4.78, 5) is 0. The lowest BCUT2D eigenvalue weighted by Crippen LogP contribution is -1.94. The molecule has 0 saturated carbocycles. The Morgan fingerprint density at radius 3 is 2.50 bits per heavy atom. The molecule has 0 bridgehead atoms. The van der Waals surface area contributed by atoms with Crippen molar-refractivity contribution in [1.29, 1.82) is 0 Å². The first-order valence-electron chi connectivity index (χ1n) is 4.82. The van der Waals surface area contributed by atoms with E-state index >= 15 is 0 Å². The van der Waals surface area contributed by atoms with E-state index in [0.717, 1.165) is 0 Å². The Labute approximate surface area is 95.2 Å². The van der Waals surface area contributed by atoms with Crippen LogP contribution in [-0.2, 0) is 0 Å². The van der Waals surface area contributed by atoms with Crippen LogP contribution in [0.4, 0.5) is 0 Å². The number of allylic oxidation sites excluding steroid dienone is 1. The van der Waals surface area contributed by atoms with Gasteiger partial charge in [0.05, 0.1) is 0 Å². The van der Waals surface area contributed by atoms with Crippen molar-refractivity contribution in [2.75, 3.05) is 0 Å². The summed E-state index contributed by atoms with van der Waals surface area (Å²) in [6, 6.07) is 6.49. The Morgan fingerprint density at radius 2 is 2.07 bits per heavy atom. The predicted molar refractivity (Wildman–Crippen MR) is 66.4 cm³/mol. The number of hydrogen-bond acceptors (Lipinski definition) is 0. The van der Waals surface area contributed by atoms with E-state index in [-0.39, 0.29) is 0 Å². The van der Waals surface area contributed by atoms with Crippen molar-refractivity contribution in [2.45, 2.75) is 26.7 Å². The second-order valence-electron chi connectivity index (χ2n) is 3.78. The molecule has 0 unspecified atom stereocenters. The van der Waals surface area contributed by atoms with Crippen molar-refractivity contribution in [3.8, 4) is 0 Å². The molecule has 0 atom stereocenters. The summed E-state index contributed by atoms with van der Waals surface area (Å²) in [5, 5.41) is 0. The van der Waals surface area contributed by atoms with Gasteiger partial charge >= 0.3 is 0 Å². The van der Waals surface area contributed by atoms with Crippen molar-refractivity contribution in [3.63, 3.8) is 0 Å². The van der Waals surface area contributed by atoms with Gasteiger partial charge in [-0.25, -0.2) is 0 Å². The quantitative estimate of drug-likeness (QED) is 0.731. The molecular weight excluding hydrogens is 236 g/mol. The van der Waals surface area contributed by atoms with Gasteiger partial charge in [-0.15, -0.1) is 6.58 Å². The third kappa shape index (κ3) is 2.48. The van der Waals surface area contributed by atoms with Gasteiger partial charge in [0.15, 0.2) is 0 Å². The lowest BCUT2D eigenvalue weighted by Gasteiger charge is -2.12. The molecule has 0 nitrogen and oxygen atoms in total. The minimum atomic E-state index is 0.558. The first-order chi connectivity index (χ1) is 6.56. The summed E-state index contributed by atoms with van der Waals surface area (Å²) < 4.78 is 1.19. The van der Waals surface area contributed by atoms with Gasteiger partial charge in [0.2, 0.25) is 0 Å². The monoisotopic (exact) mass is 251 g/mol. The van der Waals surface area contributed by atoms with Gasteiger partial charge in [-0.05, 0) is 23.1 Å². The molecule has 0 amide bonds. The third-order valence-electron chi connectivity index (χ3n) is 2.38. The van der Waals surface area contributed by atoms with Crippen LogP contribution in [0.5, 0.6) is 0 Å². The molecule has 0 N–H and O–H groups in total. The SMILES string of the molecule is C=C[C](C)c1ccc(C(C)C)c(Br)c1. The Bertz CT molecular complexity index is 326. The number of rotatable bonds is 3. The Kier molecular flexibility index (Phi) is 3.94. The molecule has 75 valence electrons. The standard InChI is InChI=1S/C13H16Br/c1-5-10(4)11-6-7-12(9(2)3)13(14)8-11/h5-9H,1H2,2-4H3. The second-order valence-corrected chi connectivity index (χ2v) is 4.63. The molecule has 1 heteroatoms. The van der Waals surface area contributed by atoms with Crippen LogP contribution in [-0.4, -0.2) is 0 Å². The van der Waals surface area contributed by atoms with Crippen LogP contribution in [0.1, 0.15) is 37.8 Å². The average Bonchev–Trinajstić information content (AvgIpc) is 2.15. The molecule has 0 aromatic heterocycles. The van der Waals surface area contributed by atoms with Gasteiger partial charge in [-0.3, -0.25) is 0 Å². The van der Waals surface area contributed by atoms with E-state index in [9.17, 15) is 0 Å². The van der Waals surface area contributed by atoms with Gasteiger partial charge < -0.3 is 0 Å². The van der Waals surface area contributed by atoms with Crippen molar-refractivity contribution in [3.05, 3.63) is 52.4 Å². The van der Waals surface area contributed by atoms with Crippen LogP contribution >= 0.6 is 15.9 Å². The Balaban J connectivity index is 3.06. The van der Waals surface area contributed by atoms with Crippen LogP contribution in [0.2, 0.25) is 0 Å². The first-order valence-corrected chi connectivity index (χ1v) is 5.61. The molecule has 0 spiro atoms. The van der Waals surface area contributed by atoms with Crippen molar-refractivity contribution < 1.29 is 0 Å². The molecule has 1 radical (unpaired) electrons. The van der Waals surface area contributed by atoms with Gasteiger partial charge in [0.1, 0.15) is 0 Å². The van der Waals surface area contributed by atoms with Crippen LogP contribution < -0.4 is 0 Å². The number of halogens is 1. The minimum Gasteiger partial charge on any atom is -0.102 e. The molecule has 0 saturated heterocycles. The molecule has 0 aliphatic heterocycles. The highest BCUT2D eigenvalue weighted by Crippen LogP contribution is 2.28. The van der Waals surface area contributed by atoms with E-state index in [1.54, 1.807) is 0 Å². The summed E-state index contributed by atoms with van der Waals surface area (Å²) in [6.45, 7) is 10.2. The summed E-state index contributed by atoms with van der Waals surface area (Å²) in [5.74, 6) is 1.77. The van der Waals surface area contributed by atoms with Crippen LogP contribution in [0.15, 0.2) is 35.3 Å². The minimum absolute atomic E-state index is 0.558. The zero-order valence-corrected chi connectivity index (χ0v) is 10.6. The summed E-state index contributed by atoms with van der Waals surface area (Å²) in [7, 11) is 0. The largest absolute Gasteiger partial charge is 0.102 e. The van der Waals surface area contributed by atoms with Crippen molar-refractivity contribution in [1.82, 2.24) is 0 Å². The third-order valence-corrected chi connectivity index (χ3v) is 3.07. The molecule has 0 heterocycles. The molecule has 0 fully saturated rings. The lowest BCUT2D eigenvalue weighted by atomic mass is 9.96. The molecule has 1 aromatic carbocycles. The van der Waals surface area contributed by atoms with Gasteiger partial charge in [-0.1, -0.05) is 54.9 Å². The van der Waals surface area contributed by atoms with Gasteiger partial charge in [0, 0.05) is 10.4 Å². The Morgan fingerprint density at radius 1 is 1.43 bits per heavy atom. The molecule has 0 aliphatic carbocycles. The van der Waals surface area contributed by atoms with E-state index < -0.39 is 0 Å². The maximum absolute atomic E-state index is 3.77. The van der Waals surface area contributed by atoms with E-state index in [2.05, 4.69) is 61.5 Å². The number of hydrogen-bond donors (Lipinski definition) is 0. The highest BCUT2D eigenvalue weighted by Gasteiger charge is 2.07. The van der Waals surface area contributed by atoms with E-state index in [1.165, 1.54) is 21.5 Å². The summed E-state index contributed by atoms with van der Waals surface area (Å²) in [5.41, 5.74) is 2.59. The predicted octanol–water partition coefficient (Wildman–Crippen LogP) is 4.70. The van der Waals surface area contributed by atoms with Gasteiger partial charge in [0.25, 0.3) is 0 Å². The van der Waals surface area contributed by atoms with Gasteiger partial charge in [-0.2, -0.15) is 0 Å². The summed E-state index contributed by atoms with van der Waals surface area (Å²) >= 11 is 3.60. The highest BCUT2D eigenvalue weighted by atomic mass is 79.9. The fourth-order valence-electron chi connectivity index (χ4n) is 1.36. The molecular formula is C13H16Br. The topological polar surface area (TPSA) is 0 Å². The summed E-state index contributed by atoms with van der Waals surface area (Å²) in [6.07, 6.45) is 1.89. The second kappa shape index (κ2) is 4.79. The normalized spacial score (nSPS) is 11.0. The zero-order valence-electron chi connectivity index (χ0n) is 8.97. The fourth-order valence-corrected chi connectivity index (χ4v) is 2.20. The van der Waals surface area contributed by atoms with E-state index in [1.807, 2.05) is 6.08 Å².